The maximum atomic E-state index is 10.7. The van der Waals surface area contributed by atoms with E-state index in [1.54, 1.807) is 18.2 Å². The maximum Gasteiger partial charge on any atom is 0.277 e. The van der Waals surface area contributed by atoms with Crippen LogP contribution in [0.3, 0.4) is 0 Å². The highest BCUT2D eigenvalue weighted by molar-refractivity contribution is 9.10. The Hall–Kier alpha value is -1.42. The smallest absolute Gasteiger partial charge is 0.258 e. The summed E-state index contributed by atoms with van der Waals surface area (Å²) in [5.41, 5.74) is 0.142. The van der Waals surface area contributed by atoms with E-state index in [0.717, 1.165) is 9.86 Å². The second-order valence-electron chi connectivity index (χ2n) is 2.87. The van der Waals surface area contributed by atoms with E-state index < -0.39 is 0 Å². The van der Waals surface area contributed by atoms with Crippen LogP contribution in [0.1, 0.15) is 0 Å². The molecule has 4 heteroatoms. The van der Waals surface area contributed by atoms with Crippen LogP contribution in [0.2, 0.25) is 0 Å². The van der Waals surface area contributed by atoms with Crippen molar-refractivity contribution in [2.24, 2.45) is 0 Å². The topological polar surface area (TPSA) is 43.1 Å². The molecule has 0 aliphatic heterocycles. The normalized spacial score (nSPS) is 10.4. The lowest BCUT2D eigenvalue weighted by molar-refractivity contribution is -0.383. The van der Waals surface area contributed by atoms with Crippen molar-refractivity contribution in [1.82, 2.24) is 0 Å². The molecule has 0 bridgehead atoms. The minimum absolute atomic E-state index is 0.142. The van der Waals surface area contributed by atoms with E-state index in [4.69, 9.17) is 0 Å². The Morgan fingerprint density at radius 1 is 1.07 bits per heavy atom. The summed E-state index contributed by atoms with van der Waals surface area (Å²) in [5, 5.41) is 12.2. The zero-order valence-electron chi connectivity index (χ0n) is 7.11. The van der Waals surface area contributed by atoms with Gasteiger partial charge < -0.3 is 0 Å². The Balaban J connectivity index is 2.88. The lowest BCUT2D eigenvalue weighted by Gasteiger charge is -2.00. The van der Waals surface area contributed by atoms with E-state index in [9.17, 15) is 10.1 Å². The number of benzene rings is 2. The van der Waals surface area contributed by atoms with Crippen molar-refractivity contribution in [3.63, 3.8) is 0 Å². The first kappa shape index (κ1) is 9.15. The first-order valence-corrected chi connectivity index (χ1v) is 4.81. The number of rotatable bonds is 1. The van der Waals surface area contributed by atoms with Crippen LogP contribution in [0.5, 0.6) is 0 Å². The summed E-state index contributed by atoms with van der Waals surface area (Å²) in [6, 6.07) is 10.5. The van der Waals surface area contributed by atoms with Crippen molar-refractivity contribution >= 4 is 32.4 Å². The quantitative estimate of drug-likeness (QED) is 0.575. The molecule has 0 N–H and O–H groups in total. The first-order valence-electron chi connectivity index (χ1n) is 4.02. The van der Waals surface area contributed by atoms with Crippen molar-refractivity contribution in [1.29, 1.82) is 0 Å². The van der Waals surface area contributed by atoms with E-state index in [0.29, 0.717) is 5.39 Å². The average molecular weight is 252 g/mol. The van der Waals surface area contributed by atoms with Crippen LogP contribution < -0.4 is 0 Å². The van der Waals surface area contributed by atoms with Gasteiger partial charge in [-0.2, -0.15) is 0 Å². The van der Waals surface area contributed by atoms with Gasteiger partial charge in [0.2, 0.25) is 0 Å². The standard InChI is InChI=1S/C10H6BrNO2/c11-9-5-1-4-8-7(9)3-2-6-10(8)12(13)14/h1-6H. The Kier molecular flexibility index (Phi) is 2.21. The van der Waals surface area contributed by atoms with E-state index in [1.807, 2.05) is 12.1 Å². The fourth-order valence-electron chi connectivity index (χ4n) is 1.41. The van der Waals surface area contributed by atoms with Crippen LogP contribution in [-0.2, 0) is 0 Å². The van der Waals surface area contributed by atoms with Gasteiger partial charge in [0.05, 0.1) is 10.3 Å². The van der Waals surface area contributed by atoms with Gasteiger partial charge in [-0.1, -0.05) is 34.1 Å². The van der Waals surface area contributed by atoms with Crippen LogP contribution in [0, 0.1) is 10.1 Å². The zero-order valence-corrected chi connectivity index (χ0v) is 8.69. The molecule has 0 radical (unpaired) electrons. The summed E-state index contributed by atoms with van der Waals surface area (Å²) in [5.74, 6) is 0. The van der Waals surface area contributed by atoms with E-state index >= 15 is 0 Å². The second kappa shape index (κ2) is 3.38. The molecule has 0 fully saturated rings. The fraction of sp³-hybridized carbons (Fsp3) is 0. The van der Waals surface area contributed by atoms with Gasteiger partial charge >= 0.3 is 0 Å². The number of nitro benzene ring substituents is 1. The van der Waals surface area contributed by atoms with Crippen molar-refractivity contribution in [3.05, 3.63) is 51.0 Å². The van der Waals surface area contributed by atoms with Crippen LogP contribution in [0.25, 0.3) is 10.8 Å². The Morgan fingerprint density at radius 2 is 1.71 bits per heavy atom. The highest BCUT2D eigenvalue weighted by Gasteiger charge is 2.11. The first-order chi connectivity index (χ1) is 6.70. The highest BCUT2D eigenvalue weighted by Crippen LogP contribution is 2.30. The lowest BCUT2D eigenvalue weighted by Crippen LogP contribution is -1.89. The molecule has 0 unspecified atom stereocenters. The van der Waals surface area contributed by atoms with Crippen LogP contribution in [-0.4, -0.2) is 4.92 Å². The molecule has 2 aromatic rings. The van der Waals surface area contributed by atoms with Gasteiger partial charge in [0.15, 0.2) is 0 Å². The Labute approximate surface area is 88.6 Å². The monoisotopic (exact) mass is 251 g/mol. The molecule has 3 nitrogen and oxygen atoms in total. The predicted molar refractivity (Wildman–Crippen MR) is 58.3 cm³/mol. The van der Waals surface area contributed by atoms with Gasteiger partial charge in [0.1, 0.15) is 0 Å². The number of hydrogen-bond acceptors (Lipinski definition) is 2. The number of fused-ring (bicyclic) bond motifs is 1. The zero-order chi connectivity index (χ0) is 10.1. The van der Waals surface area contributed by atoms with Crippen LogP contribution >= 0.6 is 15.9 Å². The SMILES string of the molecule is O=[N+]([O-])c1cccc2c(Br)cccc12. The van der Waals surface area contributed by atoms with Crippen LogP contribution in [0.15, 0.2) is 40.9 Å². The maximum absolute atomic E-state index is 10.7. The van der Waals surface area contributed by atoms with Crippen molar-refractivity contribution in [2.75, 3.05) is 0 Å². The predicted octanol–water partition coefficient (Wildman–Crippen LogP) is 3.51. The van der Waals surface area contributed by atoms with E-state index in [-0.39, 0.29) is 10.6 Å². The van der Waals surface area contributed by atoms with Crippen molar-refractivity contribution < 1.29 is 4.92 Å². The molecule has 2 aromatic carbocycles. The number of nitrogens with zero attached hydrogens (tertiary/aromatic N) is 1. The van der Waals surface area contributed by atoms with Gasteiger partial charge in [-0.3, -0.25) is 10.1 Å². The molecule has 0 aliphatic rings. The fourth-order valence-corrected chi connectivity index (χ4v) is 1.91. The van der Waals surface area contributed by atoms with Gasteiger partial charge in [-0.25, -0.2) is 0 Å². The molecule has 2 rings (SSSR count). The third kappa shape index (κ3) is 1.37. The molecule has 0 aromatic heterocycles. The summed E-state index contributed by atoms with van der Waals surface area (Å²) in [6.07, 6.45) is 0. The van der Waals surface area contributed by atoms with Crippen molar-refractivity contribution in [3.8, 4) is 0 Å². The third-order valence-electron chi connectivity index (χ3n) is 2.04. The van der Waals surface area contributed by atoms with Crippen LogP contribution in [0.4, 0.5) is 5.69 Å². The Bertz CT molecular complexity index is 510. The molecule has 0 saturated heterocycles. The second-order valence-corrected chi connectivity index (χ2v) is 3.72. The summed E-state index contributed by atoms with van der Waals surface area (Å²) < 4.78 is 0.874. The molecule has 14 heavy (non-hydrogen) atoms. The van der Waals surface area contributed by atoms with Gasteiger partial charge in [-0.15, -0.1) is 0 Å². The molecule has 0 saturated carbocycles. The third-order valence-corrected chi connectivity index (χ3v) is 2.73. The summed E-state index contributed by atoms with van der Waals surface area (Å²) in [6.45, 7) is 0. The average Bonchev–Trinajstić information content (AvgIpc) is 2.17. The van der Waals surface area contributed by atoms with Gasteiger partial charge in [0.25, 0.3) is 5.69 Å². The van der Waals surface area contributed by atoms with Gasteiger partial charge in [-0.05, 0) is 12.1 Å². The van der Waals surface area contributed by atoms with Crippen molar-refractivity contribution in [2.45, 2.75) is 0 Å². The minimum atomic E-state index is -0.366. The molecule has 70 valence electrons. The number of nitro groups is 1. The number of non-ortho nitro benzene ring substituents is 1. The molecular formula is C10H6BrNO2. The summed E-state index contributed by atoms with van der Waals surface area (Å²) >= 11 is 3.36. The molecule has 0 aliphatic carbocycles. The highest BCUT2D eigenvalue weighted by atomic mass is 79.9. The van der Waals surface area contributed by atoms with E-state index in [1.165, 1.54) is 6.07 Å². The molecular weight excluding hydrogens is 246 g/mol. The largest absolute Gasteiger partial charge is 0.277 e. The number of halogens is 1. The molecule has 0 spiro atoms. The lowest BCUT2D eigenvalue weighted by atomic mass is 10.1. The Morgan fingerprint density at radius 3 is 2.43 bits per heavy atom. The molecule has 0 amide bonds. The van der Waals surface area contributed by atoms with E-state index in [2.05, 4.69) is 15.9 Å². The van der Waals surface area contributed by atoms with Gasteiger partial charge in [0, 0.05) is 15.9 Å². The molecule has 0 atom stereocenters. The summed E-state index contributed by atoms with van der Waals surface area (Å²) in [4.78, 5) is 10.4. The number of hydrogen-bond donors (Lipinski definition) is 0. The minimum Gasteiger partial charge on any atom is -0.258 e. The summed E-state index contributed by atoms with van der Waals surface area (Å²) in [7, 11) is 0. The molecule has 0 heterocycles.